The van der Waals surface area contributed by atoms with Crippen molar-refractivity contribution in [2.75, 3.05) is 6.61 Å². The molecule has 0 spiro atoms. The molecule has 0 radical (unpaired) electrons. The molecule has 0 unspecified atom stereocenters. The Balaban J connectivity index is 0.826. The molecule has 13 nitrogen and oxygen atoms in total. The van der Waals surface area contributed by atoms with E-state index in [2.05, 4.69) is 13.8 Å². The van der Waals surface area contributed by atoms with E-state index in [9.17, 15) is 30.3 Å². The second kappa shape index (κ2) is 14.9. The molecule has 3 saturated heterocycles. The van der Waals surface area contributed by atoms with Crippen LogP contribution in [-0.4, -0.2) is 124 Å². The van der Waals surface area contributed by atoms with Crippen LogP contribution in [0.3, 0.4) is 0 Å². The summed E-state index contributed by atoms with van der Waals surface area (Å²) in [4.78, 5) is 11.9. The van der Waals surface area contributed by atoms with Crippen molar-refractivity contribution in [1.82, 2.24) is 0 Å². The van der Waals surface area contributed by atoms with Gasteiger partial charge in [-0.2, -0.15) is 0 Å². The number of cyclic esters (lactones) is 1. The largest absolute Gasteiger partial charge is 0.458 e. The number of hydrogen-bond acceptors (Lipinski definition) is 13. The Morgan fingerprint density at radius 1 is 0.685 bits per heavy atom. The van der Waals surface area contributed by atoms with E-state index in [0.717, 1.165) is 63.4 Å². The van der Waals surface area contributed by atoms with Crippen molar-refractivity contribution >= 4 is 5.97 Å². The fraction of sp³-hybridized carbons (Fsp3) is 0.927. The zero-order valence-corrected chi connectivity index (χ0v) is 32.6. The molecule has 0 bridgehead atoms. The smallest absolute Gasteiger partial charge is 0.331 e. The minimum atomic E-state index is -0.996. The van der Waals surface area contributed by atoms with E-state index in [0.29, 0.717) is 18.4 Å². The summed E-state index contributed by atoms with van der Waals surface area (Å²) >= 11 is 0. The molecule has 306 valence electrons. The third-order valence-electron chi connectivity index (χ3n) is 15.9. The third kappa shape index (κ3) is 6.82. The first-order chi connectivity index (χ1) is 25.6. The molecular formula is C41H64O13. The molecule has 5 N–H and O–H groups in total. The summed E-state index contributed by atoms with van der Waals surface area (Å²) in [6.45, 7) is 10.4. The van der Waals surface area contributed by atoms with Crippen molar-refractivity contribution in [2.45, 2.75) is 197 Å². The van der Waals surface area contributed by atoms with E-state index in [1.165, 1.54) is 0 Å². The number of aliphatic hydroxyl groups excluding tert-OH is 4. The van der Waals surface area contributed by atoms with Gasteiger partial charge >= 0.3 is 5.97 Å². The molecule has 20 atom stereocenters. The highest BCUT2D eigenvalue weighted by atomic mass is 16.7. The second-order valence-corrected chi connectivity index (χ2v) is 18.7. The molecule has 8 aliphatic rings. The lowest BCUT2D eigenvalue weighted by Gasteiger charge is -2.64. The van der Waals surface area contributed by atoms with E-state index in [1.807, 2.05) is 6.92 Å². The Morgan fingerprint density at radius 2 is 1.30 bits per heavy atom. The summed E-state index contributed by atoms with van der Waals surface area (Å²) in [6, 6.07) is 0. The Labute approximate surface area is 319 Å². The first-order valence-electron chi connectivity index (χ1n) is 20.8. The van der Waals surface area contributed by atoms with Gasteiger partial charge in [-0.15, -0.1) is 0 Å². The molecule has 0 aromatic carbocycles. The van der Waals surface area contributed by atoms with E-state index >= 15 is 0 Å². The predicted octanol–water partition coefficient (Wildman–Crippen LogP) is 3.25. The van der Waals surface area contributed by atoms with Crippen LogP contribution < -0.4 is 0 Å². The number of aliphatic hydroxyl groups is 5. The number of carbonyl (C=O) groups excluding carboxylic acids is 1. The maximum atomic E-state index is 12.6. The van der Waals surface area contributed by atoms with E-state index in [-0.39, 0.29) is 54.0 Å². The van der Waals surface area contributed by atoms with Gasteiger partial charge in [0.1, 0.15) is 24.9 Å². The Morgan fingerprint density at radius 3 is 1.89 bits per heavy atom. The molecule has 0 aromatic rings. The zero-order valence-electron chi connectivity index (χ0n) is 32.6. The lowest BCUT2D eigenvalue weighted by molar-refractivity contribution is -0.336. The molecule has 4 saturated carbocycles. The molecule has 7 fully saturated rings. The first-order valence-corrected chi connectivity index (χ1v) is 20.8. The standard InChI is InChI=1S/C41H64O13/c1-20-36(46)29(42)16-34(49-20)53-38-22(3)51-35(18-31(38)44)54-37-21(2)50-33(17-30(37)43)52-25-8-11-39(4)24(15-25)6-7-28-27(39)9-12-40(5)26(10-13-41(28,40)47)23-14-32(45)48-19-23/h14,20-22,24-31,33-38,42-44,46-47H,6-13,15-19H2,1-5H3/t20-,21+,22-,24+,25-,26-,27-,28+,29-,30+,31-,33-,34+,35+,36+,37-,38-,39-,40+,41-/m0/s1. The quantitative estimate of drug-likeness (QED) is 0.188. The first kappa shape index (κ1) is 39.6. The van der Waals surface area contributed by atoms with Crippen molar-refractivity contribution in [3.63, 3.8) is 0 Å². The molecule has 0 amide bonds. The minimum Gasteiger partial charge on any atom is -0.458 e. The van der Waals surface area contributed by atoms with Crippen molar-refractivity contribution in [1.29, 1.82) is 0 Å². The lowest BCUT2D eigenvalue weighted by Crippen LogP contribution is -2.62. The maximum Gasteiger partial charge on any atom is 0.331 e. The summed E-state index contributed by atoms with van der Waals surface area (Å²) in [5.41, 5.74) is 0.215. The van der Waals surface area contributed by atoms with Crippen LogP contribution in [0.25, 0.3) is 0 Å². The average molecular weight is 765 g/mol. The van der Waals surface area contributed by atoms with Gasteiger partial charge in [-0.1, -0.05) is 13.8 Å². The number of hydrogen-bond donors (Lipinski definition) is 5. The van der Waals surface area contributed by atoms with Gasteiger partial charge in [-0.3, -0.25) is 0 Å². The molecule has 4 aliphatic carbocycles. The van der Waals surface area contributed by atoms with Crippen LogP contribution in [0.15, 0.2) is 11.6 Å². The third-order valence-corrected chi connectivity index (χ3v) is 15.9. The normalized spacial score (nSPS) is 55.0. The summed E-state index contributed by atoms with van der Waals surface area (Å²) in [7, 11) is 0. The summed E-state index contributed by atoms with van der Waals surface area (Å²) < 4.78 is 42.2. The topological polar surface area (TPSA) is 183 Å². The van der Waals surface area contributed by atoms with Gasteiger partial charge < -0.3 is 58.7 Å². The number of rotatable bonds is 7. The van der Waals surface area contributed by atoms with Crippen molar-refractivity contribution in [2.24, 2.45) is 34.5 Å². The molecule has 54 heavy (non-hydrogen) atoms. The fourth-order valence-electron chi connectivity index (χ4n) is 12.8. The van der Waals surface area contributed by atoms with E-state index < -0.39 is 79.4 Å². The van der Waals surface area contributed by atoms with Gasteiger partial charge in [0.15, 0.2) is 18.9 Å². The van der Waals surface area contributed by atoms with Gasteiger partial charge in [0.25, 0.3) is 0 Å². The highest BCUT2D eigenvalue weighted by Gasteiger charge is 2.68. The van der Waals surface area contributed by atoms with Gasteiger partial charge in [-0.05, 0) is 113 Å². The van der Waals surface area contributed by atoms with Gasteiger partial charge in [0.2, 0.25) is 0 Å². The van der Waals surface area contributed by atoms with Crippen LogP contribution >= 0.6 is 0 Å². The monoisotopic (exact) mass is 764 g/mol. The predicted molar refractivity (Wildman–Crippen MR) is 191 cm³/mol. The lowest BCUT2D eigenvalue weighted by atomic mass is 9.43. The number of carbonyl (C=O) groups is 1. The summed E-state index contributed by atoms with van der Waals surface area (Å²) in [6.07, 6.45) is 1.90. The van der Waals surface area contributed by atoms with Crippen LogP contribution in [0.2, 0.25) is 0 Å². The number of ether oxygens (including phenoxy) is 7. The second-order valence-electron chi connectivity index (χ2n) is 18.7. The Hall–Kier alpha value is -1.23. The van der Waals surface area contributed by atoms with E-state index in [4.69, 9.17) is 33.2 Å². The van der Waals surface area contributed by atoms with Crippen LogP contribution in [-0.2, 0) is 38.0 Å². The Bertz CT molecular complexity index is 1370. The summed E-state index contributed by atoms with van der Waals surface area (Å²) in [5.74, 6) is 1.13. The average Bonchev–Trinajstić information content (AvgIpc) is 3.66. The fourth-order valence-corrected chi connectivity index (χ4v) is 12.8. The SMILES string of the molecule is C[C@@H]1O[C@H](O[C@H]2[C@H](C)O[C@H](O[C@@H]3[C@H](O)C[C@H](O[C@H]4CC[C@@]5(C)[C@H](CC[C@@H]6[C@@H]5CC[C@]5(C)[C@H](C7=CC(=O)OC7)CC[C@]65O)C4)O[C@@H]3C)C[C@@H]2O)C[C@H](O)[C@@H]1O. The molecule has 4 heterocycles. The van der Waals surface area contributed by atoms with Crippen LogP contribution in [0.1, 0.15) is 112 Å². The Kier molecular flexibility index (Phi) is 10.9. The van der Waals surface area contributed by atoms with Crippen molar-refractivity contribution in [3.8, 4) is 0 Å². The van der Waals surface area contributed by atoms with Gasteiger partial charge in [0, 0.05) is 30.8 Å². The van der Waals surface area contributed by atoms with Crippen LogP contribution in [0.5, 0.6) is 0 Å². The molecule has 0 aromatic heterocycles. The number of esters is 1. The van der Waals surface area contributed by atoms with Gasteiger partial charge in [0.05, 0.1) is 48.3 Å². The molecule has 4 aliphatic heterocycles. The minimum absolute atomic E-state index is 0.0243. The maximum absolute atomic E-state index is 12.6. The molecule has 13 heteroatoms. The molecular weight excluding hydrogens is 700 g/mol. The van der Waals surface area contributed by atoms with Crippen molar-refractivity contribution in [3.05, 3.63) is 11.6 Å². The zero-order chi connectivity index (χ0) is 38.3. The number of fused-ring (bicyclic) bond motifs is 5. The van der Waals surface area contributed by atoms with Crippen molar-refractivity contribution < 1.29 is 63.5 Å². The van der Waals surface area contributed by atoms with Gasteiger partial charge in [-0.25, -0.2) is 4.79 Å². The highest BCUT2D eigenvalue weighted by Crippen LogP contribution is 2.70. The summed E-state index contributed by atoms with van der Waals surface area (Å²) in [5, 5.41) is 55.0. The van der Waals surface area contributed by atoms with E-state index in [1.54, 1.807) is 19.9 Å². The van der Waals surface area contributed by atoms with Crippen LogP contribution in [0, 0.1) is 34.5 Å². The highest BCUT2D eigenvalue weighted by molar-refractivity contribution is 5.85. The van der Waals surface area contributed by atoms with Crippen LogP contribution in [0.4, 0.5) is 0 Å². The molecule has 8 rings (SSSR count).